The molecule has 0 aliphatic heterocycles. The van der Waals surface area contributed by atoms with Gasteiger partial charge in [-0.05, 0) is 25.0 Å². The lowest BCUT2D eigenvalue weighted by Gasteiger charge is -2.21. The summed E-state index contributed by atoms with van der Waals surface area (Å²) in [7, 11) is 1.75. The van der Waals surface area contributed by atoms with Crippen molar-refractivity contribution in [1.82, 2.24) is 4.90 Å². The summed E-state index contributed by atoms with van der Waals surface area (Å²) in [5.41, 5.74) is 3.28. The fourth-order valence-corrected chi connectivity index (χ4v) is 2.18. The van der Waals surface area contributed by atoms with Gasteiger partial charge in [-0.25, -0.2) is 4.79 Å². The van der Waals surface area contributed by atoms with E-state index >= 15 is 0 Å². The van der Waals surface area contributed by atoms with E-state index in [-0.39, 0.29) is 12.2 Å². The Bertz CT molecular complexity index is 595. The maximum absolute atomic E-state index is 12.1. The lowest BCUT2D eigenvalue weighted by atomic mass is 10.1. The number of hydrogen-bond donors (Lipinski definition) is 0. The highest BCUT2D eigenvalue weighted by molar-refractivity contribution is 5.67. The third kappa shape index (κ3) is 4.35. The third-order valence-electron chi connectivity index (χ3n) is 3.36. The largest absolute Gasteiger partial charge is 0.442 e. The highest BCUT2D eigenvalue weighted by atomic mass is 16.6. The van der Waals surface area contributed by atoms with Crippen molar-refractivity contribution in [3.63, 3.8) is 0 Å². The van der Waals surface area contributed by atoms with Gasteiger partial charge in [0.2, 0.25) is 0 Å². The van der Waals surface area contributed by atoms with E-state index in [2.05, 4.69) is 6.07 Å². The van der Waals surface area contributed by atoms with Crippen LogP contribution in [0.2, 0.25) is 0 Å². The molecule has 1 atom stereocenters. The Morgan fingerprint density at radius 1 is 1.14 bits per heavy atom. The van der Waals surface area contributed by atoms with Crippen molar-refractivity contribution in [3.8, 4) is 0 Å². The molecule has 0 fully saturated rings. The van der Waals surface area contributed by atoms with Crippen molar-refractivity contribution >= 4 is 6.09 Å². The number of carbonyl (C=O) groups excluding carboxylic acids is 1. The number of benzene rings is 2. The van der Waals surface area contributed by atoms with E-state index in [4.69, 9.17) is 4.74 Å². The molecule has 3 heteroatoms. The van der Waals surface area contributed by atoms with Crippen LogP contribution in [0.4, 0.5) is 4.79 Å². The molecule has 3 nitrogen and oxygen atoms in total. The number of amides is 1. The van der Waals surface area contributed by atoms with Crippen LogP contribution in [0.15, 0.2) is 54.6 Å². The van der Waals surface area contributed by atoms with E-state index in [1.54, 1.807) is 11.9 Å². The van der Waals surface area contributed by atoms with Crippen molar-refractivity contribution in [2.24, 2.45) is 0 Å². The normalized spacial score (nSPS) is 11.8. The Morgan fingerprint density at radius 3 is 2.52 bits per heavy atom. The van der Waals surface area contributed by atoms with Crippen molar-refractivity contribution in [1.29, 1.82) is 0 Å². The molecule has 0 heterocycles. The molecule has 110 valence electrons. The summed E-state index contributed by atoms with van der Waals surface area (Å²) < 4.78 is 5.49. The minimum absolute atomic E-state index is 0.251. The molecule has 21 heavy (non-hydrogen) atoms. The molecule has 0 bridgehead atoms. The Hall–Kier alpha value is -2.29. The zero-order valence-electron chi connectivity index (χ0n) is 12.7. The molecule has 2 aromatic carbocycles. The minimum Gasteiger partial charge on any atom is -0.442 e. The predicted octanol–water partition coefficient (Wildman–Crippen LogP) is 4.32. The van der Waals surface area contributed by atoms with Gasteiger partial charge in [0, 0.05) is 13.6 Å². The molecule has 0 aliphatic rings. The van der Waals surface area contributed by atoms with Gasteiger partial charge in [0.15, 0.2) is 0 Å². The van der Waals surface area contributed by atoms with Gasteiger partial charge < -0.3 is 9.64 Å². The molecular weight excluding hydrogens is 262 g/mol. The zero-order chi connectivity index (χ0) is 15.2. The lowest BCUT2D eigenvalue weighted by Crippen LogP contribution is -2.27. The van der Waals surface area contributed by atoms with Crippen LogP contribution in [0, 0.1) is 6.92 Å². The number of carbonyl (C=O) groups is 1. The number of rotatable bonds is 4. The second kappa shape index (κ2) is 6.93. The number of nitrogens with zero attached hydrogens (tertiary/aromatic N) is 1. The fraction of sp³-hybridized carbons (Fsp3) is 0.278. The summed E-state index contributed by atoms with van der Waals surface area (Å²) in [5, 5.41) is 0. The standard InChI is InChI=1S/C18H21NO2/c1-14-8-7-9-16(12-14)13-19(3)18(20)21-15(2)17-10-5-4-6-11-17/h4-12,15H,13H2,1-3H3. The maximum atomic E-state index is 12.1. The molecule has 0 saturated carbocycles. The van der Waals surface area contributed by atoms with Crippen molar-refractivity contribution in [2.45, 2.75) is 26.5 Å². The van der Waals surface area contributed by atoms with Crippen LogP contribution in [0.25, 0.3) is 0 Å². The minimum atomic E-state index is -0.312. The Balaban J connectivity index is 1.94. The van der Waals surface area contributed by atoms with Gasteiger partial charge in [-0.2, -0.15) is 0 Å². The quantitative estimate of drug-likeness (QED) is 0.836. The van der Waals surface area contributed by atoms with E-state index in [1.807, 2.05) is 62.4 Å². The third-order valence-corrected chi connectivity index (χ3v) is 3.36. The highest BCUT2D eigenvalue weighted by Gasteiger charge is 2.15. The molecule has 1 amide bonds. The number of ether oxygens (including phenoxy) is 1. The Morgan fingerprint density at radius 2 is 1.86 bits per heavy atom. The van der Waals surface area contributed by atoms with Gasteiger partial charge in [-0.3, -0.25) is 0 Å². The van der Waals surface area contributed by atoms with Gasteiger partial charge in [0.1, 0.15) is 6.10 Å². The van der Waals surface area contributed by atoms with E-state index in [0.717, 1.165) is 11.1 Å². The molecule has 0 aliphatic carbocycles. The average molecular weight is 283 g/mol. The van der Waals surface area contributed by atoms with E-state index in [9.17, 15) is 4.79 Å². The van der Waals surface area contributed by atoms with Gasteiger partial charge in [-0.15, -0.1) is 0 Å². The molecule has 1 unspecified atom stereocenters. The maximum Gasteiger partial charge on any atom is 0.410 e. The first-order valence-electron chi connectivity index (χ1n) is 7.08. The molecule has 0 spiro atoms. The SMILES string of the molecule is Cc1cccc(CN(C)C(=O)OC(C)c2ccccc2)c1. The molecule has 0 saturated heterocycles. The van der Waals surface area contributed by atoms with Gasteiger partial charge in [-0.1, -0.05) is 60.2 Å². The van der Waals surface area contributed by atoms with Crippen LogP contribution in [0.1, 0.15) is 29.7 Å². The predicted molar refractivity (Wildman–Crippen MR) is 84.0 cm³/mol. The second-order valence-electron chi connectivity index (χ2n) is 5.28. The van der Waals surface area contributed by atoms with E-state index in [0.29, 0.717) is 6.54 Å². The summed E-state index contributed by atoms with van der Waals surface area (Å²) in [4.78, 5) is 13.7. The van der Waals surface area contributed by atoms with Crippen LogP contribution in [-0.2, 0) is 11.3 Å². The topological polar surface area (TPSA) is 29.5 Å². The molecule has 0 aromatic heterocycles. The number of hydrogen-bond acceptors (Lipinski definition) is 2. The summed E-state index contributed by atoms with van der Waals surface area (Å²) in [6, 6.07) is 17.9. The van der Waals surface area contributed by atoms with Gasteiger partial charge in [0.05, 0.1) is 0 Å². The summed E-state index contributed by atoms with van der Waals surface area (Å²) >= 11 is 0. The second-order valence-corrected chi connectivity index (χ2v) is 5.28. The van der Waals surface area contributed by atoms with E-state index < -0.39 is 0 Å². The van der Waals surface area contributed by atoms with Gasteiger partial charge in [0.25, 0.3) is 0 Å². The van der Waals surface area contributed by atoms with Crippen LogP contribution in [-0.4, -0.2) is 18.0 Å². The highest BCUT2D eigenvalue weighted by Crippen LogP contribution is 2.17. The molecule has 2 aromatic rings. The Labute approximate surface area is 126 Å². The molecule has 2 rings (SSSR count). The molecule has 0 N–H and O–H groups in total. The van der Waals surface area contributed by atoms with Crippen LogP contribution in [0.5, 0.6) is 0 Å². The Kier molecular flexibility index (Phi) is 4.99. The summed E-state index contributed by atoms with van der Waals surface area (Å²) in [6.45, 7) is 4.47. The smallest absolute Gasteiger partial charge is 0.410 e. The first kappa shape index (κ1) is 15.1. The monoisotopic (exact) mass is 283 g/mol. The fourth-order valence-electron chi connectivity index (χ4n) is 2.18. The van der Waals surface area contributed by atoms with Crippen molar-refractivity contribution in [3.05, 3.63) is 71.3 Å². The first-order valence-corrected chi connectivity index (χ1v) is 7.08. The van der Waals surface area contributed by atoms with Crippen LogP contribution < -0.4 is 0 Å². The van der Waals surface area contributed by atoms with Crippen LogP contribution >= 0.6 is 0 Å². The van der Waals surface area contributed by atoms with E-state index in [1.165, 1.54) is 5.56 Å². The number of aryl methyl sites for hydroxylation is 1. The van der Waals surface area contributed by atoms with Crippen molar-refractivity contribution < 1.29 is 9.53 Å². The molecule has 0 radical (unpaired) electrons. The zero-order valence-corrected chi connectivity index (χ0v) is 12.7. The molecular formula is C18H21NO2. The van der Waals surface area contributed by atoms with Crippen molar-refractivity contribution in [2.75, 3.05) is 7.05 Å². The lowest BCUT2D eigenvalue weighted by molar-refractivity contribution is 0.0748. The summed E-state index contributed by atoms with van der Waals surface area (Å²) in [6.07, 6.45) is -0.563. The average Bonchev–Trinajstić information content (AvgIpc) is 2.48. The van der Waals surface area contributed by atoms with Gasteiger partial charge >= 0.3 is 6.09 Å². The summed E-state index contributed by atoms with van der Waals surface area (Å²) in [5.74, 6) is 0. The first-order chi connectivity index (χ1) is 10.1. The van der Waals surface area contributed by atoms with Crippen LogP contribution in [0.3, 0.4) is 0 Å².